The van der Waals surface area contributed by atoms with Crippen LogP contribution in [0.1, 0.15) is 19.4 Å². The fraction of sp³-hybridized carbons (Fsp3) is 0.231. The lowest BCUT2D eigenvalue weighted by Gasteiger charge is -2.22. The minimum atomic E-state index is 0.209. The van der Waals surface area contributed by atoms with Crippen molar-refractivity contribution in [1.82, 2.24) is 25.9 Å². The molecular formula is C13H14Cl2N6S. The zero-order valence-corrected chi connectivity index (χ0v) is 14.2. The number of aromatic nitrogens is 2. The van der Waals surface area contributed by atoms with Crippen LogP contribution in [-0.2, 0) is 0 Å². The zero-order valence-electron chi connectivity index (χ0n) is 11.9. The second-order valence-corrected chi connectivity index (χ2v) is 6.20. The number of halogens is 2. The van der Waals surface area contributed by atoms with Gasteiger partial charge >= 0.3 is 0 Å². The minimum absolute atomic E-state index is 0.209. The SMILES string of the molecule is CC(C)N1NNN=C1c1c[nH]n(-c2cccc(Cl)c2Cl)c1=S. The van der Waals surface area contributed by atoms with Gasteiger partial charge < -0.3 is 0 Å². The van der Waals surface area contributed by atoms with Gasteiger partial charge in [0, 0.05) is 12.2 Å². The number of benzene rings is 1. The molecule has 2 aromatic rings. The lowest BCUT2D eigenvalue weighted by molar-refractivity contribution is 0.246. The Morgan fingerprint density at radius 3 is 2.77 bits per heavy atom. The van der Waals surface area contributed by atoms with Gasteiger partial charge in [-0.25, -0.2) is 10.2 Å². The van der Waals surface area contributed by atoms with E-state index in [9.17, 15) is 0 Å². The highest BCUT2D eigenvalue weighted by molar-refractivity contribution is 7.71. The molecule has 3 rings (SSSR count). The smallest absolute Gasteiger partial charge is 0.177 e. The normalized spacial score (nSPS) is 14.4. The molecule has 0 unspecified atom stereocenters. The van der Waals surface area contributed by atoms with Crippen LogP contribution in [0.3, 0.4) is 0 Å². The second-order valence-electron chi connectivity index (χ2n) is 5.02. The van der Waals surface area contributed by atoms with E-state index in [1.54, 1.807) is 16.9 Å². The third kappa shape index (κ3) is 2.50. The molecule has 6 nitrogen and oxygen atoms in total. The summed E-state index contributed by atoms with van der Waals surface area (Å²) in [6.45, 7) is 4.10. The van der Waals surface area contributed by atoms with Crippen molar-refractivity contribution < 1.29 is 0 Å². The van der Waals surface area contributed by atoms with Gasteiger partial charge in [-0.2, -0.15) is 0 Å². The first-order valence-electron chi connectivity index (χ1n) is 6.63. The molecule has 1 aromatic carbocycles. The number of nitrogens with one attached hydrogen (secondary N) is 3. The Kier molecular flexibility index (Phi) is 4.14. The Morgan fingerprint density at radius 2 is 2.05 bits per heavy atom. The van der Waals surface area contributed by atoms with Crippen LogP contribution >= 0.6 is 35.4 Å². The highest BCUT2D eigenvalue weighted by atomic mass is 35.5. The number of rotatable bonds is 3. The summed E-state index contributed by atoms with van der Waals surface area (Å²) in [5.74, 6) is 0.716. The van der Waals surface area contributed by atoms with E-state index >= 15 is 0 Å². The van der Waals surface area contributed by atoms with Gasteiger partial charge in [0.25, 0.3) is 0 Å². The molecule has 116 valence electrons. The summed E-state index contributed by atoms with van der Waals surface area (Å²) in [4.78, 5) is 0. The standard InChI is InChI=1S/C13H14Cl2N6S/c1-7(2)20-12(17-18-19-20)8-6-16-21(13(8)22)10-5-3-4-9(14)11(10)15/h3-7,16,18-19H,1-2H3. The lowest BCUT2D eigenvalue weighted by atomic mass is 10.2. The van der Waals surface area contributed by atoms with Crippen LogP contribution in [0.15, 0.2) is 29.5 Å². The Bertz CT molecular complexity index is 794. The monoisotopic (exact) mass is 356 g/mol. The molecule has 1 aromatic heterocycles. The second kappa shape index (κ2) is 5.92. The minimum Gasteiger partial charge on any atom is -0.299 e. The molecule has 0 aliphatic carbocycles. The third-order valence-corrected chi connectivity index (χ3v) is 4.47. The largest absolute Gasteiger partial charge is 0.299 e. The Balaban J connectivity index is 2.07. The number of amidine groups is 1. The summed E-state index contributed by atoms with van der Waals surface area (Å²) in [6, 6.07) is 5.61. The summed E-state index contributed by atoms with van der Waals surface area (Å²) in [6.07, 6.45) is 1.79. The lowest BCUT2D eigenvalue weighted by Crippen LogP contribution is -2.45. The quantitative estimate of drug-likeness (QED) is 0.738. The zero-order chi connectivity index (χ0) is 15.9. The molecule has 0 spiro atoms. The van der Waals surface area contributed by atoms with Gasteiger partial charge in [0.15, 0.2) is 5.84 Å². The van der Waals surface area contributed by atoms with Crippen molar-refractivity contribution in [1.29, 1.82) is 0 Å². The molecule has 0 bridgehead atoms. The first-order chi connectivity index (χ1) is 10.5. The highest BCUT2D eigenvalue weighted by Gasteiger charge is 2.24. The van der Waals surface area contributed by atoms with Crippen LogP contribution in [0.5, 0.6) is 0 Å². The molecule has 0 fully saturated rings. The van der Waals surface area contributed by atoms with Crippen LogP contribution in [0.25, 0.3) is 5.69 Å². The fourth-order valence-corrected chi connectivity index (χ4v) is 2.86. The number of aromatic amines is 1. The number of nitrogens with zero attached hydrogens (tertiary/aromatic N) is 3. The predicted octanol–water partition coefficient (Wildman–Crippen LogP) is 3.24. The van der Waals surface area contributed by atoms with Crippen molar-refractivity contribution >= 4 is 41.3 Å². The first-order valence-corrected chi connectivity index (χ1v) is 7.80. The summed E-state index contributed by atoms with van der Waals surface area (Å²) < 4.78 is 2.28. The summed E-state index contributed by atoms with van der Waals surface area (Å²) in [5, 5.41) is 10.1. The molecule has 0 saturated carbocycles. The Labute approximate surface area is 142 Å². The van der Waals surface area contributed by atoms with Crippen LogP contribution < -0.4 is 11.1 Å². The number of hydrogen-bond donors (Lipinski definition) is 3. The van der Waals surface area contributed by atoms with Gasteiger partial charge in [-0.05, 0) is 26.0 Å². The van der Waals surface area contributed by atoms with Gasteiger partial charge in [-0.1, -0.05) is 41.5 Å². The molecule has 0 radical (unpaired) electrons. The topological polar surface area (TPSA) is 60.4 Å². The van der Waals surface area contributed by atoms with Gasteiger partial charge in [-0.3, -0.25) is 10.1 Å². The molecule has 22 heavy (non-hydrogen) atoms. The number of hydrazine groups is 2. The summed E-state index contributed by atoms with van der Waals surface area (Å²) >= 11 is 17.9. The van der Waals surface area contributed by atoms with E-state index < -0.39 is 0 Å². The fourth-order valence-electron chi connectivity index (χ4n) is 2.18. The van der Waals surface area contributed by atoms with Crippen molar-refractivity contribution in [3.8, 4) is 5.69 Å². The van der Waals surface area contributed by atoms with E-state index in [4.69, 9.17) is 35.4 Å². The highest BCUT2D eigenvalue weighted by Crippen LogP contribution is 2.28. The van der Waals surface area contributed by atoms with Crippen molar-refractivity contribution in [2.75, 3.05) is 0 Å². The van der Waals surface area contributed by atoms with E-state index in [2.05, 4.69) is 21.3 Å². The van der Waals surface area contributed by atoms with Crippen LogP contribution in [0.4, 0.5) is 0 Å². The molecule has 0 atom stereocenters. The van der Waals surface area contributed by atoms with Gasteiger partial charge in [0.05, 0.1) is 21.3 Å². The first kappa shape index (κ1) is 15.4. The number of H-pyrrole nitrogens is 1. The number of hydrogen-bond acceptors (Lipinski definition) is 5. The average Bonchev–Trinajstić information content (AvgIpc) is 3.08. The van der Waals surface area contributed by atoms with Crippen molar-refractivity contribution in [3.05, 3.63) is 44.6 Å². The average molecular weight is 357 g/mol. The van der Waals surface area contributed by atoms with E-state index in [0.29, 0.717) is 26.2 Å². The Hall–Kier alpha value is -1.54. The molecular weight excluding hydrogens is 343 g/mol. The molecule has 1 aliphatic rings. The molecule has 0 amide bonds. The van der Waals surface area contributed by atoms with E-state index in [0.717, 1.165) is 5.56 Å². The van der Waals surface area contributed by atoms with Crippen molar-refractivity contribution in [2.24, 2.45) is 5.10 Å². The molecule has 9 heteroatoms. The van der Waals surface area contributed by atoms with Crippen LogP contribution in [-0.4, -0.2) is 26.7 Å². The maximum Gasteiger partial charge on any atom is 0.177 e. The van der Waals surface area contributed by atoms with E-state index in [-0.39, 0.29) is 6.04 Å². The molecule has 2 heterocycles. The van der Waals surface area contributed by atoms with Gasteiger partial charge in [0.2, 0.25) is 0 Å². The molecule has 1 aliphatic heterocycles. The molecule has 3 N–H and O–H groups in total. The Morgan fingerprint density at radius 1 is 1.27 bits per heavy atom. The summed E-state index contributed by atoms with van der Waals surface area (Å²) in [7, 11) is 0. The van der Waals surface area contributed by atoms with Crippen molar-refractivity contribution in [2.45, 2.75) is 19.9 Å². The van der Waals surface area contributed by atoms with Crippen molar-refractivity contribution in [3.63, 3.8) is 0 Å². The number of hydrazone groups is 1. The van der Waals surface area contributed by atoms with Crippen LogP contribution in [0.2, 0.25) is 10.0 Å². The maximum absolute atomic E-state index is 6.26. The summed E-state index contributed by atoms with van der Waals surface area (Å²) in [5.41, 5.74) is 7.20. The van der Waals surface area contributed by atoms with E-state index in [1.165, 1.54) is 0 Å². The third-order valence-electron chi connectivity index (χ3n) is 3.26. The predicted molar refractivity (Wildman–Crippen MR) is 90.8 cm³/mol. The van der Waals surface area contributed by atoms with Gasteiger partial charge in [0.1, 0.15) is 4.64 Å². The maximum atomic E-state index is 6.26. The van der Waals surface area contributed by atoms with E-state index in [1.807, 2.05) is 31.0 Å². The van der Waals surface area contributed by atoms with Gasteiger partial charge in [-0.15, -0.1) is 10.6 Å². The molecule has 0 saturated heterocycles. The van der Waals surface area contributed by atoms with Crippen LogP contribution in [0, 0.1) is 4.64 Å².